The van der Waals surface area contributed by atoms with Crippen LogP contribution in [0.3, 0.4) is 0 Å². The van der Waals surface area contributed by atoms with Crippen molar-refractivity contribution < 1.29 is 9.59 Å². The first-order valence-corrected chi connectivity index (χ1v) is 6.63. The summed E-state index contributed by atoms with van der Waals surface area (Å²) in [7, 11) is 0. The van der Waals surface area contributed by atoms with E-state index in [9.17, 15) is 9.59 Å². The Labute approximate surface area is 121 Å². The molecule has 3 heteroatoms. The molecule has 0 bridgehead atoms. The summed E-state index contributed by atoms with van der Waals surface area (Å²) in [6.45, 7) is 0. The zero-order valence-corrected chi connectivity index (χ0v) is 11.2. The lowest BCUT2D eigenvalue weighted by Crippen LogP contribution is -2.15. The molecule has 21 heavy (non-hydrogen) atoms. The Balaban J connectivity index is 0.000000225. The van der Waals surface area contributed by atoms with Gasteiger partial charge in [0.15, 0.2) is 0 Å². The number of carbonyl (C=O) groups excluding carboxylic acids is 2. The van der Waals surface area contributed by atoms with Gasteiger partial charge >= 0.3 is 0 Å². The number of Topliss-reactive ketones (excluding diaryl/α,β-unsaturated/α-hetero) is 1. The molecule has 3 nitrogen and oxygen atoms in total. The summed E-state index contributed by atoms with van der Waals surface area (Å²) in [5, 5.41) is 2.06. The van der Waals surface area contributed by atoms with E-state index in [0.29, 0.717) is 5.56 Å². The monoisotopic (exact) mass is 275 g/mol. The Kier molecular flexibility index (Phi) is 3.48. The molecule has 3 aromatic rings. The summed E-state index contributed by atoms with van der Waals surface area (Å²) in [4.78, 5) is 25.8. The zero-order chi connectivity index (χ0) is 14.7. The number of hydrogen-bond donors (Lipinski definition) is 1. The van der Waals surface area contributed by atoms with Gasteiger partial charge in [-0.25, -0.2) is 0 Å². The van der Waals surface area contributed by atoms with E-state index in [2.05, 4.69) is 4.98 Å². The van der Waals surface area contributed by atoms with E-state index in [4.69, 9.17) is 0 Å². The standard InChI is InChI=1S/C14H8O2.C4H5N/c15-13-6-5-11-7-9-3-1-2-4-10(9)8-12(11)14(13)16;1-2-4-5-3-1/h1-8H;1-5H. The van der Waals surface area contributed by atoms with Gasteiger partial charge in [0, 0.05) is 18.0 Å². The predicted molar refractivity (Wildman–Crippen MR) is 83.1 cm³/mol. The van der Waals surface area contributed by atoms with Crippen LogP contribution in [0, 0.1) is 0 Å². The van der Waals surface area contributed by atoms with Gasteiger partial charge in [-0.3, -0.25) is 9.59 Å². The second-order valence-electron chi connectivity index (χ2n) is 4.70. The van der Waals surface area contributed by atoms with Crippen LogP contribution >= 0.6 is 0 Å². The number of allylic oxidation sites excluding steroid dienone is 1. The molecule has 0 spiro atoms. The maximum atomic E-state index is 11.7. The van der Waals surface area contributed by atoms with E-state index in [1.807, 2.05) is 54.9 Å². The van der Waals surface area contributed by atoms with Gasteiger partial charge in [0.05, 0.1) is 0 Å². The third-order valence-corrected chi connectivity index (χ3v) is 3.30. The van der Waals surface area contributed by atoms with Crippen molar-refractivity contribution in [2.45, 2.75) is 0 Å². The first kappa shape index (κ1) is 13.1. The summed E-state index contributed by atoms with van der Waals surface area (Å²) >= 11 is 0. The minimum absolute atomic E-state index is 0.414. The van der Waals surface area contributed by atoms with Crippen molar-refractivity contribution >= 4 is 28.4 Å². The highest BCUT2D eigenvalue weighted by Crippen LogP contribution is 2.24. The highest BCUT2D eigenvalue weighted by atomic mass is 16.2. The fourth-order valence-corrected chi connectivity index (χ4v) is 2.24. The number of hydrogen-bond acceptors (Lipinski definition) is 2. The first-order valence-electron chi connectivity index (χ1n) is 6.63. The van der Waals surface area contributed by atoms with Crippen LogP contribution in [0.25, 0.3) is 16.8 Å². The van der Waals surface area contributed by atoms with E-state index in [0.717, 1.165) is 16.3 Å². The van der Waals surface area contributed by atoms with Crippen LogP contribution in [0.4, 0.5) is 0 Å². The van der Waals surface area contributed by atoms with E-state index in [1.165, 1.54) is 6.08 Å². The Morgan fingerprint density at radius 1 is 0.762 bits per heavy atom. The summed E-state index contributed by atoms with van der Waals surface area (Å²) in [6.07, 6.45) is 6.78. The van der Waals surface area contributed by atoms with Gasteiger partial charge in [0.25, 0.3) is 0 Å². The van der Waals surface area contributed by atoms with Gasteiger partial charge in [-0.15, -0.1) is 0 Å². The number of nitrogens with one attached hydrogen (secondary N) is 1. The Bertz CT molecular complexity index is 812. The smallest absolute Gasteiger partial charge is 0.233 e. The van der Waals surface area contributed by atoms with Crippen molar-refractivity contribution in [2.75, 3.05) is 0 Å². The molecule has 0 unspecified atom stereocenters. The molecule has 102 valence electrons. The van der Waals surface area contributed by atoms with E-state index in [-0.39, 0.29) is 0 Å². The molecule has 0 saturated heterocycles. The van der Waals surface area contributed by atoms with Gasteiger partial charge < -0.3 is 4.98 Å². The summed E-state index contributed by atoms with van der Waals surface area (Å²) < 4.78 is 0. The molecule has 1 aromatic heterocycles. The maximum absolute atomic E-state index is 11.7. The average Bonchev–Trinajstić information content (AvgIpc) is 3.09. The molecular formula is C18H13NO2. The minimum Gasteiger partial charge on any atom is -0.368 e. The normalized spacial score (nSPS) is 12.8. The van der Waals surface area contributed by atoms with Crippen molar-refractivity contribution in [3.8, 4) is 0 Å². The maximum Gasteiger partial charge on any atom is 0.233 e. The van der Waals surface area contributed by atoms with Gasteiger partial charge in [-0.1, -0.05) is 30.3 Å². The fraction of sp³-hybridized carbons (Fsp3) is 0. The molecule has 2 aromatic carbocycles. The van der Waals surface area contributed by atoms with Crippen molar-refractivity contribution in [3.63, 3.8) is 0 Å². The first-order chi connectivity index (χ1) is 10.3. The van der Waals surface area contributed by atoms with Crippen LogP contribution in [0.5, 0.6) is 0 Å². The Morgan fingerprint density at radius 3 is 2.05 bits per heavy atom. The predicted octanol–water partition coefficient (Wildman–Crippen LogP) is 3.63. The number of fused-ring (bicyclic) bond motifs is 2. The third kappa shape index (κ3) is 2.67. The van der Waals surface area contributed by atoms with E-state index in [1.54, 1.807) is 12.1 Å². The van der Waals surface area contributed by atoms with E-state index >= 15 is 0 Å². The topological polar surface area (TPSA) is 49.9 Å². The molecule has 0 saturated carbocycles. The van der Waals surface area contributed by atoms with Crippen LogP contribution in [-0.4, -0.2) is 16.6 Å². The number of carbonyl (C=O) groups is 2. The lowest BCUT2D eigenvalue weighted by Gasteiger charge is -2.09. The van der Waals surface area contributed by atoms with Crippen molar-refractivity contribution in [1.29, 1.82) is 0 Å². The second-order valence-corrected chi connectivity index (χ2v) is 4.70. The zero-order valence-electron chi connectivity index (χ0n) is 11.2. The summed E-state index contributed by atoms with van der Waals surface area (Å²) in [5.74, 6) is -0.856. The van der Waals surface area contributed by atoms with Crippen LogP contribution in [0.15, 0.2) is 67.0 Å². The van der Waals surface area contributed by atoms with Gasteiger partial charge in [-0.05, 0) is 46.7 Å². The third-order valence-electron chi connectivity index (χ3n) is 3.30. The van der Waals surface area contributed by atoms with Crippen LogP contribution < -0.4 is 0 Å². The number of aromatic nitrogens is 1. The number of rotatable bonds is 0. The van der Waals surface area contributed by atoms with Crippen molar-refractivity contribution in [1.82, 2.24) is 4.98 Å². The molecule has 1 aliphatic rings. The van der Waals surface area contributed by atoms with Gasteiger partial charge in [-0.2, -0.15) is 0 Å². The van der Waals surface area contributed by atoms with Crippen molar-refractivity contribution in [2.24, 2.45) is 0 Å². The molecular weight excluding hydrogens is 262 g/mol. The fourth-order valence-electron chi connectivity index (χ4n) is 2.24. The summed E-state index contributed by atoms with van der Waals surface area (Å²) in [6, 6.07) is 15.4. The molecule has 4 rings (SSSR count). The minimum atomic E-state index is -0.442. The van der Waals surface area contributed by atoms with Gasteiger partial charge in [0.1, 0.15) is 0 Å². The molecule has 0 aliphatic heterocycles. The van der Waals surface area contributed by atoms with Gasteiger partial charge in [0.2, 0.25) is 11.6 Å². The number of ketones is 2. The van der Waals surface area contributed by atoms with E-state index < -0.39 is 11.6 Å². The number of aromatic amines is 1. The quantitative estimate of drug-likeness (QED) is 0.637. The second kappa shape index (κ2) is 5.59. The lowest BCUT2D eigenvalue weighted by atomic mass is 9.92. The van der Waals surface area contributed by atoms with Crippen LogP contribution in [-0.2, 0) is 4.79 Å². The number of benzene rings is 2. The largest absolute Gasteiger partial charge is 0.368 e. The van der Waals surface area contributed by atoms with Crippen molar-refractivity contribution in [3.05, 3.63) is 78.1 Å². The SMILES string of the molecule is O=C1C=Cc2cc3ccccc3cc2C1=O.c1cc[nH]c1. The average molecular weight is 275 g/mol. The number of H-pyrrole nitrogens is 1. The molecule has 0 radical (unpaired) electrons. The molecule has 0 fully saturated rings. The van der Waals surface area contributed by atoms with Crippen LogP contribution in [0.2, 0.25) is 0 Å². The van der Waals surface area contributed by atoms with Crippen LogP contribution in [0.1, 0.15) is 15.9 Å². The molecule has 1 heterocycles. The summed E-state index contributed by atoms with van der Waals surface area (Å²) in [5.41, 5.74) is 1.33. The Hall–Kier alpha value is -2.94. The Morgan fingerprint density at radius 2 is 1.43 bits per heavy atom. The molecule has 0 atom stereocenters. The highest BCUT2D eigenvalue weighted by Gasteiger charge is 2.20. The molecule has 1 N–H and O–H groups in total. The molecule has 0 amide bonds. The molecule has 1 aliphatic carbocycles. The highest BCUT2D eigenvalue weighted by molar-refractivity contribution is 6.50. The lowest BCUT2D eigenvalue weighted by molar-refractivity contribution is -0.110.